The lowest BCUT2D eigenvalue weighted by molar-refractivity contribution is -0.147. The first-order valence-electron chi connectivity index (χ1n) is 10.8. The summed E-state index contributed by atoms with van der Waals surface area (Å²) in [6.45, 7) is 10.3. The van der Waals surface area contributed by atoms with Crippen molar-refractivity contribution >= 4 is 30.5 Å². The van der Waals surface area contributed by atoms with Crippen LogP contribution in [0.1, 0.15) is 47.5 Å². The Morgan fingerprint density at radius 3 is 2.66 bits per heavy atom. The highest BCUT2D eigenvalue weighted by Crippen LogP contribution is 2.37. The molecular formula is C20H35N6O5P. The zero-order valence-electron chi connectivity index (χ0n) is 19.4. The third kappa shape index (κ3) is 7.81. The number of nitrogens with one attached hydrogen (secondary N) is 1. The maximum absolute atomic E-state index is 12.7. The van der Waals surface area contributed by atoms with E-state index < -0.39 is 32.0 Å². The maximum Gasteiger partial charge on any atom is 0.323 e. The molecule has 0 saturated heterocycles. The molecule has 0 amide bonds. The van der Waals surface area contributed by atoms with Crippen molar-refractivity contribution in [2.24, 2.45) is 11.8 Å². The zero-order chi connectivity index (χ0) is 23.9. The molecule has 0 aromatic carbocycles. The SMILES string of the molecule is CCC(C)COC(=O)[C@@H](CC(C)C)NP(=O)(O)CO[C@H](C)Cn1cnc2c(N)ncnc21. The Balaban J connectivity index is 1.94. The average molecular weight is 471 g/mol. The molecule has 180 valence electrons. The second-order valence-corrected chi connectivity index (χ2v) is 10.5. The number of fused-ring (bicyclic) bond motifs is 1. The highest BCUT2D eigenvalue weighted by atomic mass is 31.2. The topological polar surface area (TPSA) is 154 Å². The zero-order valence-corrected chi connectivity index (χ0v) is 20.3. The lowest BCUT2D eigenvalue weighted by Gasteiger charge is -2.24. The standard InChI is InChI=1S/C20H35N6O5P/c1-6-14(4)9-30-20(27)16(7-13(2)3)25-32(28,29)12-31-15(5)8-26-11-24-17-18(21)22-10-23-19(17)26/h10-11,13-16H,6-9,12H2,1-5H3,(H2,21,22,23)(H2,25,28,29)/t14?,15-,16-/m1/s1. The first kappa shape index (κ1) is 26.2. The Hall–Kier alpha value is -2.07. The van der Waals surface area contributed by atoms with E-state index in [2.05, 4.69) is 20.0 Å². The molecule has 0 bridgehead atoms. The van der Waals surface area contributed by atoms with E-state index in [-0.39, 0.29) is 24.3 Å². The third-order valence-corrected chi connectivity index (χ3v) is 6.19. The van der Waals surface area contributed by atoms with Gasteiger partial charge in [-0.3, -0.25) is 9.36 Å². The van der Waals surface area contributed by atoms with Crippen LogP contribution in [0.3, 0.4) is 0 Å². The van der Waals surface area contributed by atoms with Crippen molar-refractivity contribution < 1.29 is 23.7 Å². The summed E-state index contributed by atoms with van der Waals surface area (Å²) in [4.78, 5) is 35.2. The fourth-order valence-corrected chi connectivity index (χ4v) is 4.22. The maximum atomic E-state index is 12.7. The normalized spacial score (nSPS) is 16.6. The summed E-state index contributed by atoms with van der Waals surface area (Å²) in [5.74, 6) is 0.113. The second kappa shape index (κ2) is 11.7. The summed E-state index contributed by atoms with van der Waals surface area (Å²) >= 11 is 0. The Morgan fingerprint density at radius 1 is 1.28 bits per heavy atom. The summed E-state index contributed by atoms with van der Waals surface area (Å²) in [5, 5.41) is 2.57. The molecule has 0 aliphatic rings. The first-order chi connectivity index (χ1) is 15.0. The van der Waals surface area contributed by atoms with E-state index in [0.29, 0.717) is 24.1 Å². The van der Waals surface area contributed by atoms with Gasteiger partial charge in [-0.1, -0.05) is 34.1 Å². The van der Waals surface area contributed by atoms with Crippen LogP contribution >= 0.6 is 7.52 Å². The van der Waals surface area contributed by atoms with Gasteiger partial charge in [0.2, 0.25) is 0 Å². The Morgan fingerprint density at radius 2 is 2.00 bits per heavy atom. The van der Waals surface area contributed by atoms with Crippen LogP contribution in [0.4, 0.5) is 5.82 Å². The molecular weight excluding hydrogens is 435 g/mol. The van der Waals surface area contributed by atoms with E-state index >= 15 is 0 Å². The number of rotatable bonds is 13. The van der Waals surface area contributed by atoms with Crippen molar-refractivity contribution in [3.05, 3.63) is 12.7 Å². The summed E-state index contributed by atoms with van der Waals surface area (Å²) < 4.78 is 25.4. The monoisotopic (exact) mass is 470 g/mol. The van der Waals surface area contributed by atoms with Crippen molar-refractivity contribution in [3.63, 3.8) is 0 Å². The molecule has 2 aromatic heterocycles. The third-order valence-electron chi connectivity index (χ3n) is 4.97. The molecule has 0 aliphatic carbocycles. The predicted octanol–water partition coefficient (Wildman–Crippen LogP) is 2.55. The summed E-state index contributed by atoms with van der Waals surface area (Å²) in [6.07, 6.45) is 3.30. The number of anilines is 1. The van der Waals surface area contributed by atoms with Gasteiger partial charge < -0.3 is 24.7 Å². The summed E-state index contributed by atoms with van der Waals surface area (Å²) in [5.41, 5.74) is 6.84. The number of nitrogens with zero attached hydrogens (tertiary/aromatic N) is 4. The van der Waals surface area contributed by atoms with Gasteiger partial charge in [0.05, 0.1) is 25.6 Å². The predicted molar refractivity (Wildman–Crippen MR) is 122 cm³/mol. The Bertz CT molecular complexity index is 936. The van der Waals surface area contributed by atoms with Crippen LogP contribution in [-0.2, 0) is 25.4 Å². The molecule has 4 atom stereocenters. The second-order valence-electron chi connectivity index (χ2n) is 8.59. The van der Waals surface area contributed by atoms with Crippen LogP contribution in [0.15, 0.2) is 12.7 Å². The number of aromatic nitrogens is 4. The van der Waals surface area contributed by atoms with E-state index in [1.165, 1.54) is 6.33 Å². The number of esters is 1. The molecule has 4 N–H and O–H groups in total. The molecule has 2 heterocycles. The van der Waals surface area contributed by atoms with E-state index in [9.17, 15) is 14.3 Å². The molecule has 0 fully saturated rings. The van der Waals surface area contributed by atoms with Gasteiger partial charge in [0, 0.05) is 0 Å². The number of ether oxygens (including phenoxy) is 2. The molecule has 2 rings (SSSR count). The smallest absolute Gasteiger partial charge is 0.323 e. The van der Waals surface area contributed by atoms with E-state index in [1.807, 2.05) is 27.7 Å². The number of nitrogen functional groups attached to an aromatic ring is 1. The molecule has 0 aliphatic heterocycles. The summed E-state index contributed by atoms with van der Waals surface area (Å²) in [7, 11) is -3.96. The minimum Gasteiger partial charge on any atom is -0.464 e. The van der Waals surface area contributed by atoms with Gasteiger partial charge in [-0.15, -0.1) is 0 Å². The number of carbonyl (C=O) groups is 1. The van der Waals surface area contributed by atoms with Crippen molar-refractivity contribution in [2.45, 2.75) is 66.2 Å². The van der Waals surface area contributed by atoms with Crippen molar-refractivity contribution in [1.82, 2.24) is 24.6 Å². The van der Waals surface area contributed by atoms with E-state index in [4.69, 9.17) is 15.2 Å². The molecule has 0 radical (unpaired) electrons. The van der Waals surface area contributed by atoms with Gasteiger partial charge in [0.1, 0.15) is 24.2 Å². The van der Waals surface area contributed by atoms with Gasteiger partial charge in [-0.2, -0.15) is 0 Å². The van der Waals surface area contributed by atoms with Crippen LogP contribution < -0.4 is 10.8 Å². The minimum atomic E-state index is -3.96. The lowest BCUT2D eigenvalue weighted by Crippen LogP contribution is -2.38. The molecule has 2 unspecified atom stereocenters. The van der Waals surface area contributed by atoms with Crippen LogP contribution in [0.2, 0.25) is 0 Å². The number of hydrogen-bond acceptors (Lipinski definition) is 8. The first-order valence-corrected chi connectivity index (χ1v) is 12.7. The van der Waals surface area contributed by atoms with Crippen molar-refractivity contribution in [2.75, 3.05) is 18.7 Å². The fraction of sp³-hybridized carbons (Fsp3) is 0.700. The van der Waals surface area contributed by atoms with Crippen LogP contribution in [0.25, 0.3) is 11.2 Å². The van der Waals surface area contributed by atoms with Crippen molar-refractivity contribution in [3.8, 4) is 0 Å². The summed E-state index contributed by atoms with van der Waals surface area (Å²) in [6, 6.07) is -0.883. The molecule has 0 saturated carbocycles. The Labute approximate surface area is 188 Å². The molecule has 2 aromatic rings. The lowest BCUT2D eigenvalue weighted by atomic mass is 10.0. The van der Waals surface area contributed by atoms with Gasteiger partial charge in [-0.25, -0.2) is 20.0 Å². The minimum absolute atomic E-state index is 0.132. The fourth-order valence-electron chi connectivity index (χ4n) is 2.99. The van der Waals surface area contributed by atoms with Crippen LogP contribution in [0.5, 0.6) is 0 Å². The Kier molecular flexibility index (Phi) is 9.57. The van der Waals surface area contributed by atoms with Gasteiger partial charge in [0.15, 0.2) is 11.5 Å². The molecule has 12 heteroatoms. The average Bonchev–Trinajstić information content (AvgIpc) is 3.13. The van der Waals surface area contributed by atoms with Crippen LogP contribution in [-0.4, -0.2) is 55.5 Å². The van der Waals surface area contributed by atoms with Gasteiger partial charge in [-0.05, 0) is 25.2 Å². The molecule has 11 nitrogen and oxygen atoms in total. The number of imidazole rings is 1. The van der Waals surface area contributed by atoms with Gasteiger partial charge in [0.25, 0.3) is 7.52 Å². The highest BCUT2D eigenvalue weighted by Gasteiger charge is 2.30. The largest absolute Gasteiger partial charge is 0.464 e. The van der Waals surface area contributed by atoms with E-state index in [1.54, 1.807) is 17.8 Å². The van der Waals surface area contributed by atoms with Crippen LogP contribution in [0, 0.1) is 11.8 Å². The van der Waals surface area contributed by atoms with Gasteiger partial charge >= 0.3 is 5.97 Å². The number of hydrogen-bond donors (Lipinski definition) is 3. The number of carbonyl (C=O) groups excluding carboxylic acids is 1. The van der Waals surface area contributed by atoms with Crippen molar-refractivity contribution in [1.29, 1.82) is 0 Å². The molecule has 0 spiro atoms. The highest BCUT2D eigenvalue weighted by molar-refractivity contribution is 7.55. The molecule has 32 heavy (non-hydrogen) atoms. The quantitative estimate of drug-likeness (QED) is 0.294. The number of nitrogens with two attached hydrogens (primary N) is 1. The van der Waals surface area contributed by atoms with E-state index in [0.717, 1.165) is 6.42 Å².